The highest BCUT2D eigenvalue weighted by Crippen LogP contribution is 2.42. The summed E-state index contributed by atoms with van der Waals surface area (Å²) in [6.07, 6.45) is 7.55. The maximum absolute atomic E-state index is 6.16. The Hall–Kier alpha value is -0.730. The van der Waals surface area contributed by atoms with Crippen LogP contribution < -0.4 is 10.1 Å². The van der Waals surface area contributed by atoms with Crippen molar-refractivity contribution in [2.75, 3.05) is 20.2 Å². The lowest BCUT2D eigenvalue weighted by Crippen LogP contribution is -2.34. The van der Waals surface area contributed by atoms with Crippen molar-refractivity contribution in [3.8, 4) is 5.75 Å². The van der Waals surface area contributed by atoms with E-state index in [0.29, 0.717) is 5.41 Å². The standard InChI is InChI=1S/C17H26ClNO/c1-3-10-19-13-17(8-4-5-9-17)12-14-11-15(18)6-7-16(14)20-2/h6-7,11,19H,3-5,8-10,12-13H2,1-2H3. The predicted octanol–water partition coefficient (Wildman–Crippen LogP) is 4.45. The van der Waals surface area contributed by atoms with Gasteiger partial charge in [-0.3, -0.25) is 0 Å². The molecule has 0 bridgehead atoms. The van der Waals surface area contributed by atoms with Gasteiger partial charge in [-0.05, 0) is 61.4 Å². The van der Waals surface area contributed by atoms with Crippen LogP contribution in [0.2, 0.25) is 5.02 Å². The van der Waals surface area contributed by atoms with Crippen LogP contribution in [0.1, 0.15) is 44.6 Å². The minimum atomic E-state index is 0.382. The van der Waals surface area contributed by atoms with Crippen molar-refractivity contribution in [2.24, 2.45) is 5.41 Å². The van der Waals surface area contributed by atoms with Crippen molar-refractivity contribution in [2.45, 2.75) is 45.4 Å². The molecule has 0 aliphatic heterocycles. The van der Waals surface area contributed by atoms with Gasteiger partial charge in [-0.15, -0.1) is 0 Å². The molecule has 0 amide bonds. The summed E-state index contributed by atoms with van der Waals surface area (Å²) >= 11 is 6.16. The highest BCUT2D eigenvalue weighted by Gasteiger charge is 2.34. The second kappa shape index (κ2) is 7.33. The summed E-state index contributed by atoms with van der Waals surface area (Å²) in [6, 6.07) is 5.96. The summed E-state index contributed by atoms with van der Waals surface area (Å²) in [7, 11) is 1.74. The SMILES string of the molecule is CCCNCC1(Cc2cc(Cl)ccc2OC)CCCC1. The summed E-state index contributed by atoms with van der Waals surface area (Å²) < 4.78 is 5.50. The van der Waals surface area contributed by atoms with E-state index in [0.717, 1.165) is 30.3 Å². The Morgan fingerprint density at radius 3 is 2.70 bits per heavy atom. The Labute approximate surface area is 127 Å². The first-order valence-electron chi connectivity index (χ1n) is 7.72. The van der Waals surface area contributed by atoms with Crippen molar-refractivity contribution < 1.29 is 4.74 Å². The first kappa shape index (κ1) is 15.7. The van der Waals surface area contributed by atoms with Crippen molar-refractivity contribution in [3.05, 3.63) is 28.8 Å². The molecule has 0 atom stereocenters. The van der Waals surface area contributed by atoms with Gasteiger partial charge in [0.1, 0.15) is 5.75 Å². The molecule has 0 spiro atoms. The van der Waals surface area contributed by atoms with Crippen LogP contribution in [-0.2, 0) is 6.42 Å². The minimum Gasteiger partial charge on any atom is -0.496 e. The Bertz CT molecular complexity index is 427. The number of ether oxygens (including phenoxy) is 1. The molecule has 2 nitrogen and oxygen atoms in total. The van der Waals surface area contributed by atoms with Crippen molar-refractivity contribution in [1.29, 1.82) is 0 Å². The smallest absolute Gasteiger partial charge is 0.122 e. The second-order valence-corrected chi connectivity index (χ2v) is 6.45. The Kier molecular flexibility index (Phi) is 5.74. The molecular weight excluding hydrogens is 270 g/mol. The molecule has 0 aromatic heterocycles. The van der Waals surface area contributed by atoms with Crippen molar-refractivity contribution in [3.63, 3.8) is 0 Å². The van der Waals surface area contributed by atoms with E-state index in [1.807, 2.05) is 12.1 Å². The van der Waals surface area contributed by atoms with E-state index in [4.69, 9.17) is 16.3 Å². The van der Waals surface area contributed by atoms with E-state index < -0.39 is 0 Å². The van der Waals surface area contributed by atoms with Gasteiger partial charge in [0.05, 0.1) is 7.11 Å². The first-order valence-corrected chi connectivity index (χ1v) is 8.10. The third-order valence-corrected chi connectivity index (χ3v) is 4.63. The minimum absolute atomic E-state index is 0.382. The lowest BCUT2D eigenvalue weighted by molar-refractivity contribution is 0.274. The van der Waals surface area contributed by atoms with E-state index >= 15 is 0 Å². The molecule has 1 aliphatic rings. The van der Waals surface area contributed by atoms with E-state index in [2.05, 4.69) is 18.3 Å². The largest absolute Gasteiger partial charge is 0.496 e. The Morgan fingerprint density at radius 1 is 1.30 bits per heavy atom. The fourth-order valence-corrected chi connectivity index (χ4v) is 3.56. The van der Waals surface area contributed by atoms with Crippen molar-refractivity contribution in [1.82, 2.24) is 5.32 Å². The first-order chi connectivity index (χ1) is 9.69. The molecule has 1 saturated carbocycles. The lowest BCUT2D eigenvalue weighted by atomic mass is 9.79. The number of hydrogen-bond acceptors (Lipinski definition) is 2. The van der Waals surface area contributed by atoms with E-state index in [-0.39, 0.29) is 0 Å². The Morgan fingerprint density at radius 2 is 2.05 bits per heavy atom. The van der Waals surface area contributed by atoms with Gasteiger partial charge in [-0.2, -0.15) is 0 Å². The van der Waals surface area contributed by atoms with Gasteiger partial charge in [-0.25, -0.2) is 0 Å². The summed E-state index contributed by atoms with van der Waals surface area (Å²) in [4.78, 5) is 0. The average Bonchev–Trinajstić information content (AvgIpc) is 2.88. The van der Waals surface area contributed by atoms with Crippen LogP contribution in [-0.4, -0.2) is 20.2 Å². The fourth-order valence-electron chi connectivity index (χ4n) is 3.36. The predicted molar refractivity (Wildman–Crippen MR) is 85.8 cm³/mol. The van der Waals surface area contributed by atoms with Crippen LogP contribution in [0.4, 0.5) is 0 Å². The molecule has 1 aromatic rings. The monoisotopic (exact) mass is 295 g/mol. The third kappa shape index (κ3) is 3.89. The molecule has 0 radical (unpaired) electrons. The topological polar surface area (TPSA) is 21.3 Å². The highest BCUT2D eigenvalue weighted by atomic mass is 35.5. The van der Waals surface area contributed by atoms with Gasteiger partial charge in [0.2, 0.25) is 0 Å². The van der Waals surface area contributed by atoms with Crippen LogP contribution in [0.15, 0.2) is 18.2 Å². The van der Waals surface area contributed by atoms with E-state index in [1.165, 1.54) is 37.7 Å². The lowest BCUT2D eigenvalue weighted by Gasteiger charge is -2.30. The fraction of sp³-hybridized carbons (Fsp3) is 0.647. The molecule has 1 fully saturated rings. The molecule has 112 valence electrons. The summed E-state index contributed by atoms with van der Waals surface area (Å²) in [5.41, 5.74) is 1.63. The zero-order valence-corrected chi connectivity index (χ0v) is 13.4. The van der Waals surface area contributed by atoms with E-state index in [1.54, 1.807) is 7.11 Å². The number of benzene rings is 1. The molecule has 0 unspecified atom stereocenters. The van der Waals surface area contributed by atoms with E-state index in [9.17, 15) is 0 Å². The Balaban J connectivity index is 2.13. The zero-order valence-electron chi connectivity index (χ0n) is 12.7. The van der Waals surface area contributed by atoms with Gasteiger partial charge >= 0.3 is 0 Å². The highest BCUT2D eigenvalue weighted by molar-refractivity contribution is 6.30. The second-order valence-electron chi connectivity index (χ2n) is 6.02. The molecular formula is C17H26ClNO. The van der Waals surface area contributed by atoms with Gasteiger partial charge in [0.25, 0.3) is 0 Å². The van der Waals surface area contributed by atoms with Crippen LogP contribution in [0.5, 0.6) is 5.75 Å². The third-order valence-electron chi connectivity index (χ3n) is 4.40. The summed E-state index contributed by atoms with van der Waals surface area (Å²) in [5, 5.41) is 4.42. The summed E-state index contributed by atoms with van der Waals surface area (Å²) in [6.45, 7) is 4.43. The average molecular weight is 296 g/mol. The van der Waals surface area contributed by atoms with Gasteiger partial charge in [0.15, 0.2) is 0 Å². The maximum Gasteiger partial charge on any atom is 0.122 e. The quantitative estimate of drug-likeness (QED) is 0.750. The van der Waals surface area contributed by atoms with Gasteiger partial charge in [-0.1, -0.05) is 31.4 Å². The van der Waals surface area contributed by atoms with Crippen LogP contribution in [0.25, 0.3) is 0 Å². The number of methoxy groups -OCH3 is 1. The molecule has 3 heteroatoms. The van der Waals surface area contributed by atoms with Crippen LogP contribution in [0.3, 0.4) is 0 Å². The molecule has 1 N–H and O–H groups in total. The van der Waals surface area contributed by atoms with Crippen LogP contribution >= 0.6 is 11.6 Å². The number of halogens is 1. The molecule has 0 saturated heterocycles. The molecule has 2 rings (SSSR count). The normalized spacial score (nSPS) is 17.4. The zero-order chi connectivity index (χ0) is 14.4. The molecule has 1 aromatic carbocycles. The van der Waals surface area contributed by atoms with Crippen molar-refractivity contribution >= 4 is 11.6 Å². The number of nitrogens with one attached hydrogen (secondary N) is 1. The van der Waals surface area contributed by atoms with Gasteiger partial charge in [0, 0.05) is 11.6 Å². The maximum atomic E-state index is 6.16. The number of rotatable bonds is 7. The summed E-state index contributed by atoms with van der Waals surface area (Å²) in [5.74, 6) is 0.969. The van der Waals surface area contributed by atoms with Gasteiger partial charge < -0.3 is 10.1 Å². The molecule has 0 heterocycles. The van der Waals surface area contributed by atoms with Crippen LogP contribution in [0, 0.1) is 5.41 Å². The number of hydrogen-bond donors (Lipinski definition) is 1. The molecule has 20 heavy (non-hydrogen) atoms. The molecule has 1 aliphatic carbocycles.